The van der Waals surface area contributed by atoms with Crippen LogP contribution in [-0.4, -0.2) is 17.9 Å². The number of rotatable bonds is 3. The van der Waals surface area contributed by atoms with Gasteiger partial charge in [-0.15, -0.1) is 0 Å². The third-order valence-corrected chi connectivity index (χ3v) is 6.17. The predicted molar refractivity (Wildman–Crippen MR) is 102 cm³/mol. The number of nitrogens with zero attached hydrogens (tertiary/aromatic N) is 1. The summed E-state index contributed by atoms with van der Waals surface area (Å²) in [4.78, 5) is 26.8. The minimum absolute atomic E-state index is 0.104. The van der Waals surface area contributed by atoms with Crippen LogP contribution < -0.4 is 9.64 Å². The molecule has 2 amide bonds. The number of amides is 2. The summed E-state index contributed by atoms with van der Waals surface area (Å²) in [5, 5.41) is 0.679. The summed E-state index contributed by atoms with van der Waals surface area (Å²) in [6.07, 6.45) is 6.38. The second kappa shape index (κ2) is 6.90. The van der Waals surface area contributed by atoms with Gasteiger partial charge in [0.2, 0.25) is 0 Å². The third-order valence-electron chi connectivity index (χ3n) is 5.57. The largest absolute Gasteiger partial charge is 0.489 e. The second-order valence-corrected chi connectivity index (χ2v) is 8.32. The summed E-state index contributed by atoms with van der Waals surface area (Å²) in [6, 6.07) is 3.20. The minimum Gasteiger partial charge on any atom is -0.489 e. The molecular formula is C20H21Cl2NO3. The zero-order valence-corrected chi connectivity index (χ0v) is 16.2. The van der Waals surface area contributed by atoms with Crippen molar-refractivity contribution in [2.45, 2.75) is 58.0 Å². The Bertz CT molecular complexity index is 790. The highest BCUT2D eigenvalue weighted by Gasteiger charge is 2.40. The van der Waals surface area contributed by atoms with Crippen LogP contribution in [0.5, 0.6) is 5.75 Å². The van der Waals surface area contributed by atoms with Crippen molar-refractivity contribution in [3.05, 3.63) is 33.3 Å². The van der Waals surface area contributed by atoms with E-state index in [2.05, 4.69) is 6.92 Å². The monoisotopic (exact) mass is 393 g/mol. The van der Waals surface area contributed by atoms with E-state index in [1.54, 1.807) is 12.1 Å². The summed E-state index contributed by atoms with van der Waals surface area (Å²) >= 11 is 12.7. The van der Waals surface area contributed by atoms with Gasteiger partial charge in [-0.1, -0.05) is 30.1 Å². The number of hydrogen-bond acceptors (Lipinski definition) is 3. The number of anilines is 1. The van der Waals surface area contributed by atoms with Crippen LogP contribution in [0.1, 0.15) is 51.9 Å². The van der Waals surface area contributed by atoms with Crippen LogP contribution in [0.3, 0.4) is 0 Å². The van der Waals surface area contributed by atoms with Gasteiger partial charge in [0.05, 0.1) is 21.8 Å². The first kappa shape index (κ1) is 17.9. The fraction of sp³-hybridized carbons (Fsp3) is 0.500. The summed E-state index contributed by atoms with van der Waals surface area (Å²) in [5.74, 6) is 0.600. The first-order valence-electron chi connectivity index (χ1n) is 9.22. The molecule has 2 unspecified atom stereocenters. The highest BCUT2D eigenvalue weighted by molar-refractivity contribution is 6.41. The van der Waals surface area contributed by atoms with Gasteiger partial charge in [-0.3, -0.25) is 9.59 Å². The van der Waals surface area contributed by atoms with Gasteiger partial charge < -0.3 is 4.74 Å². The first-order valence-corrected chi connectivity index (χ1v) is 9.97. The normalized spacial score (nSPS) is 25.9. The molecule has 3 aliphatic rings. The van der Waals surface area contributed by atoms with Crippen LogP contribution in [-0.2, 0) is 9.59 Å². The SMILES string of the molecule is CC1CCC(Oc2cc(N3C(=O)C4=C(CCCC4)C3=O)c(Cl)cc2Cl)C1. The van der Waals surface area contributed by atoms with E-state index in [0.29, 0.717) is 46.4 Å². The molecule has 0 radical (unpaired) electrons. The second-order valence-electron chi connectivity index (χ2n) is 7.50. The Morgan fingerprint density at radius 1 is 1.00 bits per heavy atom. The fourth-order valence-corrected chi connectivity index (χ4v) is 4.69. The van der Waals surface area contributed by atoms with Crippen LogP contribution in [0.25, 0.3) is 0 Å². The van der Waals surface area contributed by atoms with Crippen molar-refractivity contribution in [3.63, 3.8) is 0 Å². The third kappa shape index (κ3) is 3.03. The standard InChI is InChI=1S/C20H21Cl2NO3/c1-11-6-7-12(8-11)26-18-10-17(15(21)9-16(18)22)23-19(24)13-4-2-3-5-14(13)20(23)25/h9-12H,2-8H2,1H3. The van der Waals surface area contributed by atoms with Gasteiger partial charge in [-0.2, -0.15) is 0 Å². The molecule has 1 saturated carbocycles. The molecule has 6 heteroatoms. The molecule has 0 saturated heterocycles. The zero-order valence-electron chi connectivity index (χ0n) is 14.7. The number of imide groups is 1. The number of carbonyl (C=O) groups is 2. The minimum atomic E-state index is -0.255. The molecule has 4 rings (SSSR count). The van der Waals surface area contributed by atoms with E-state index in [0.717, 1.165) is 32.1 Å². The van der Waals surface area contributed by atoms with Gasteiger partial charge in [-0.05, 0) is 56.9 Å². The van der Waals surface area contributed by atoms with Crippen LogP contribution in [0, 0.1) is 5.92 Å². The Morgan fingerprint density at radius 3 is 2.23 bits per heavy atom. The van der Waals surface area contributed by atoms with Gasteiger partial charge >= 0.3 is 0 Å². The van der Waals surface area contributed by atoms with Crippen molar-refractivity contribution in [2.75, 3.05) is 4.90 Å². The van der Waals surface area contributed by atoms with Crippen molar-refractivity contribution in [3.8, 4) is 5.75 Å². The molecule has 2 atom stereocenters. The summed E-state index contributed by atoms with van der Waals surface area (Å²) in [7, 11) is 0. The van der Waals surface area contributed by atoms with E-state index in [1.807, 2.05) is 0 Å². The Morgan fingerprint density at radius 2 is 1.65 bits per heavy atom. The molecule has 1 aliphatic heterocycles. The molecule has 1 fully saturated rings. The molecule has 1 heterocycles. The summed E-state index contributed by atoms with van der Waals surface area (Å²) < 4.78 is 6.07. The highest BCUT2D eigenvalue weighted by atomic mass is 35.5. The molecule has 1 aromatic rings. The molecule has 0 N–H and O–H groups in total. The zero-order chi connectivity index (χ0) is 18.4. The Kier molecular flexibility index (Phi) is 4.74. The van der Waals surface area contributed by atoms with Crippen molar-refractivity contribution in [1.82, 2.24) is 0 Å². The Balaban J connectivity index is 1.65. The molecule has 0 spiro atoms. The molecule has 0 aromatic heterocycles. The van der Waals surface area contributed by atoms with E-state index >= 15 is 0 Å². The maximum absolute atomic E-state index is 12.8. The highest BCUT2D eigenvalue weighted by Crippen LogP contribution is 2.42. The Hall–Kier alpha value is -1.52. The van der Waals surface area contributed by atoms with Crippen LogP contribution in [0.2, 0.25) is 10.0 Å². The van der Waals surface area contributed by atoms with Crippen LogP contribution in [0.4, 0.5) is 5.69 Å². The van der Waals surface area contributed by atoms with Crippen molar-refractivity contribution < 1.29 is 14.3 Å². The maximum Gasteiger partial charge on any atom is 0.261 e. The quantitative estimate of drug-likeness (QED) is 0.654. The molecule has 1 aromatic carbocycles. The van der Waals surface area contributed by atoms with E-state index in [1.165, 1.54) is 4.90 Å². The lowest BCUT2D eigenvalue weighted by molar-refractivity contribution is -0.120. The average Bonchev–Trinajstić information content (AvgIpc) is 3.13. The van der Waals surface area contributed by atoms with Gasteiger partial charge in [0.1, 0.15) is 5.75 Å². The maximum atomic E-state index is 12.8. The van der Waals surface area contributed by atoms with Crippen LogP contribution in [0.15, 0.2) is 23.3 Å². The van der Waals surface area contributed by atoms with Crippen molar-refractivity contribution in [1.29, 1.82) is 0 Å². The number of benzene rings is 1. The number of carbonyl (C=O) groups excluding carboxylic acids is 2. The van der Waals surface area contributed by atoms with Gasteiger partial charge in [0, 0.05) is 17.2 Å². The lowest BCUT2D eigenvalue weighted by Gasteiger charge is -2.20. The smallest absolute Gasteiger partial charge is 0.261 e. The lowest BCUT2D eigenvalue weighted by atomic mass is 9.93. The molecule has 138 valence electrons. The fourth-order valence-electron chi connectivity index (χ4n) is 4.18. The summed E-state index contributed by atoms with van der Waals surface area (Å²) in [6.45, 7) is 2.20. The van der Waals surface area contributed by atoms with E-state index < -0.39 is 0 Å². The molecule has 0 bridgehead atoms. The molecule has 4 nitrogen and oxygen atoms in total. The topological polar surface area (TPSA) is 46.6 Å². The van der Waals surface area contributed by atoms with E-state index in [-0.39, 0.29) is 22.9 Å². The number of ether oxygens (including phenoxy) is 1. The average molecular weight is 394 g/mol. The number of hydrogen-bond donors (Lipinski definition) is 0. The summed E-state index contributed by atoms with van der Waals surface area (Å²) in [5.41, 5.74) is 1.64. The Labute approximate surface area is 163 Å². The van der Waals surface area contributed by atoms with Gasteiger partial charge in [0.25, 0.3) is 11.8 Å². The van der Waals surface area contributed by atoms with E-state index in [9.17, 15) is 9.59 Å². The van der Waals surface area contributed by atoms with Gasteiger partial charge in [0.15, 0.2) is 0 Å². The van der Waals surface area contributed by atoms with Crippen molar-refractivity contribution in [2.24, 2.45) is 5.92 Å². The first-order chi connectivity index (χ1) is 12.5. The molecule has 26 heavy (non-hydrogen) atoms. The molecule has 2 aliphatic carbocycles. The number of halogens is 2. The van der Waals surface area contributed by atoms with Crippen LogP contribution >= 0.6 is 23.2 Å². The van der Waals surface area contributed by atoms with Gasteiger partial charge in [-0.25, -0.2) is 4.90 Å². The van der Waals surface area contributed by atoms with E-state index in [4.69, 9.17) is 27.9 Å². The molecular weight excluding hydrogens is 373 g/mol. The van der Waals surface area contributed by atoms with Crippen molar-refractivity contribution >= 4 is 40.7 Å². The lowest BCUT2D eigenvalue weighted by Crippen LogP contribution is -2.31. The predicted octanol–water partition coefficient (Wildman–Crippen LogP) is 5.30.